The molecule has 7 heteroatoms. The van der Waals surface area contributed by atoms with Gasteiger partial charge in [0, 0.05) is 31.7 Å². The van der Waals surface area contributed by atoms with Crippen molar-refractivity contribution < 1.29 is 4.74 Å². The number of pyridine rings is 1. The van der Waals surface area contributed by atoms with Crippen LogP contribution in [0.2, 0.25) is 0 Å². The quantitative estimate of drug-likeness (QED) is 0.590. The normalized spacial score (nSPS) is 17.5. The average Bonchev–Trinajstić information content (AvgIpc) is 3.47. The number of hydrogen-bond acceptors (Lipinski definition) is 6. The first-order valence-corrected chi connectivity index (χ1v) is 10.1. The van der Waals surface area contributed by atoms with E-state index < -0.39 is 0 Å². The van der Waals surface area contributed by atoms with E-state index in [1.54, 1.807) is 19.5 Å². The third kappa shape index (κ3) is 4.58. The van der Waals surface area contributed by atoms with Gasteiger partial charge >= 0.3 is 0 Å². The highest BCUT2D eigenvalue weighted by atomic mass is 16.5. The Balaban J connectivity index is 1.67. The van der Waals surface area contributed by atoms with Crippen molar-refractivity contribution in [2.45, 2.75) is 18.9 Å². The van der Waals surface area contributed by atoms with Gasteiger partial charge < -0.3 is 20.4 Å². The summed E-state index contributed by atoms with van der Waals surface area (Å²) in [5.41, 5.74) is 8.50. The minimum Gasteiger partial charge on any atom is -0.398 e. The number of benzene rings is 1. The van der Waals surface area contributed by atoms with E-state index in [4.69, 9.17) is 20.4 Å². The number of nitrogens with zero attached hydrogens (tertiary/aromatic N) is 4. The standard InChI is InChI=1S/C23H26N6O/c1-30-16-18-9-6-14-29(18)22-11-5-10-21(28-22)27-20(23-25-12-13-26-23)15-19(24)17-7-3-2-4-8-17/h2-5,7-8,10-13,15,18H,6,9,14,16,24H2,1H3,(H,25,26). The Morgan fingerprint density at radius 2 is 2.13 bits per heavy atom. The molecule has 3 heterocycles. The summed E-state index contributed by atoms with van der Waals surface area (Å²) in [6.07, 6.45) is 7.53. The van der Waals surface area contributed by atoms with Crippen LogP contribution in [0.25, 0.3) is 5.70 Å². The summed E-state index contributed by atoms with van der Waals surface area (Å²) in [6.45, 7) is 1.67. The lowest BCUT2D eigenvalue weighted by Crippen LogP contribution is -2.33. The number of rotatable bonds is 7. The van der Waals surface area contributed by atoms with Gasteiger partial charge in [0.2, 0.25) is 0 Å². The fourth-order valence-electron chi connectivity index (χ4n) is 3.68. The second-order valence-electron chi connectivity index (χ2n) is 7.20. The highest BCUT2D eigenvalue weighted by Gasteiger charge is 2.25. The van der Waals surface area contributed by atoms with E-state index in [1.165, 1.54) is 0 Å². The second kappa shape index (κ2) is 9.37. The van der Waals surface area contributed by atoms with E-state index in [1.807, 2.05) is 54.6 Å². The lowest BCUT2D eigenvalue weighted by molar-refractivity contribution is 0.180. The molecule has 0 amide bonds. The number of allylic oxidation sites excluding steroid dienone is 1. The molecule has 154 valence electrons. The molecule has 1 aliphatic rings. The number of H-pyrrole nitrogens is 1. The molecule has 3 N–H and O–H groups in total. The fraction of sp³-hybridized carbons (Fsp3) is 0.261. The number of aromatic nitrogens is 3. The van der Waals surface area contributed by atoms with Crippen molar-refractivity contribution in [3.8, 4) is 0 Å². The fourth-order valence-corrected chi connectivity index (χ4v) is 3.68. The first-order chi connectivity index (χ1) is 14.7. The lowest BCUT2D eigenvalue weighted by Gasteiger charge is -2.25. The van der Waals surface area contributed by atoms with Crippen LogP contribution < -0.4 is 10.6 Å². The summed E-state index contributed by atoms with van der Waals surface area (Å²) < 4.78 is 5.38. The minimum absolute atomic E-state index is 0.347. The highest BCUT2D eigenvalue weighted by molar-refractivity contribution is 6.10. The van der Waals surface area contributed by atoms with Gasteiger partial charge in [-0.1, -0.05) is 36.4 Å². The van der Waals surface area contributed by atoms with E-state index in [-0.39, 0.29) is 0 Å². The average molecular weight is 403 g/mol. The molecule has 30 heavy (non-hydrogen) atoms. The Hall–Kier alpha value is -3.45. The summed E-state index contributed by atoms with van der Waals surface area (Å²) in [5, 5.41) is 0. The van der Waals surface area contributed by atoms with E-state index in [0.717, 1.165) is 30.8 Å². The van der Waals surface area contributed by atoms with Crippen molar-refractivity contribution in [1.29, 1.82) is 0 Å². The van der Waals surface area contributed by atoms with Crippen molar-refractivity contribution >= 4 is 23.0 Å². The number of ether oxygens (including phenoxy) is 1. The van der Waals surface area contributed by atoms with Gasteiger partial charge in [-0.25, -0.2) is 15.0 Å². The first-order valence-electron chi connectivity index (χ1n) is 10.1. The molecule has 2 aromatic heterocycles. The monoisotopic (exact) mass is 402 g/mol. The summed E-state index contributed by atoms with van der Waals surface area (Å²) in [5.74, 6) is 2.16. The van der Waals surface area contributed by atoms with Crippen LogP contribution in [-0.2, 0) is 4.74 Å². The topological polar surface area (TPSA) is 92.4 Å². The second-order valence-corrected chi connectivity index (χ2v) is 7.20. The third-order valence-corrected chi connectivity index (χ3v) is 5.13. The van der Waals surface area contributed by atoms with Gasteiger partial charge in [-0.3, -0.25) is 0 Å². The summed E-state index contributed by atoms with van der Waals surface area (Å²) >= 11 is 0. The molecule has 1 saturated heterocycles. The predicted molar refractivity (Wildman–Crippen MR) is 120 cm³/mol. The molecule has 1 fully saturated rings. The number of aliphatic imine (C=N–C) groups is 1. The molecule has 0 aliphatic carbocycles. The van der Waals surface area contributed by atoms with Crippen LogP contribution in [0.4, 0.5) is 11.6 Å². The number of aromatic amines is 1. The third-order valence-electron chi connectivity index (χ3n) is 5.13. The van der Waals surface area contributed by atoms with E-state index in [0.29, 0.717) is 35.7 Å². The molecule has 1 aliphatic heterocycles. The lowest BCUT2D eigenvalue weighted by atomic mass is 10.1. The minimum atomic E-state index is 0.347. The van der Waals surface area contributed by atoms with Gasteiger partial charge in [0.15, 0.2) is 11.6 Å². The Morgan fingerprint density at radius 1 is 1.27 bits per heavy atom. The molecule has 3 aromatic rings. The summed E-state index contributed by atoms with van der Waals surface area (Å²) in [6, 6.07) is 16.0. The number of imidazole rings is 1. The van der Waals surface area contributed by atoms with E-state index >= 15 is 0 Å². The molecular weight excluding hydrogens is 376 g/mol. The summed E-state index contributed by atoms with van der Waals surface area (Å²) in [7, 11) is 1.74. The van der Waals surface area contributed by atoms with Crippen molar-refractivity contribution in [2.75, 3.05) is 25.2 Å². The maximum atomic E-state index is 6.33. The van der Waals surface area contributed by atoms with Gasteiger partial charge in [-0.15, -0.1) is 0 Å². The molecule has 7 nitrogen and oxygen atoms in total. The van der Waals surface area contributed by atoms with Crippen molar-refractivity contribution in [3.63, 3.8) is 0 Å². The van der Waals surface area contributed by atoms with Gasteiger partial charge in [0.25, 0.3) is 0 Å². The van der Waals surface area contributed by atoms with Crippen LogP contribution in [0.5, 0.6) is 0 Å². The van der Waals surface area contributed by atoms with Crippen LogP contribution in [-0.4, -0.2) is 47.0 Å². The molecule has 0 radical (unpaired) electrons. The number of nitrogens with one attached hydrogen (secondary N) is 1. The Morgan fingerprint density at radius 3 is 2.90 bits per heavy atom. The van der Waals surface area contributed by atoms with E-state index in [2.05, 4.69) is 14.9 Å². The molecule has 1 atom stereocenters. The SMILES string of the molecule is COCC1CCCN1c1cccc(N=C(C=C(N)c2ccccc2)c2ncc[nH]2)n1. The molecular formula is C23H26N6O. The molecule has 0 spiro atoms. The zero-order valence-corrected chi connectivity index (χ0v) is 17.0. The smallest absolute Gasteiger partial charge is 0.156 e. The Bertz CT molecular complexity index is 1010. The van der Waals surface area contributed by atoms with Crippen molar-refractivity contribution in [1.82, 2.24) is 15.0 Å². The Kier molecular flexibility index (Phi) is 6.20. The Labute approximate surface area is 176 Å². The van der Waals surface area contributed by atoms with Gasteiger partial charge in [-0.05, 0) is 36.6 Å². The van der Waals surface area contributed by atoms with Crippen molar-refractivity contribution in [2.24, 2.45) is 10.7 Å². The molecule has 0 saturated carbocycles. The van der Waals surface area contributed by atoms with Crippen LogP contribution >= 0.6 is 0 Å². The van der Waals surface area contributed by atoms with Gasteiger partial charge in [0.05, 0.1) is 12.6 Å². The maximum absolute atomic E-state index is 6.33. The van der Waals surface area contributed by atoms with Crippen LogP contribution in [0.1, 0.15) is 24.2 Å². The number of methoxy groups -OCH3 is 1. The largest absolute Gasteiger partial charge is 0.398 e. The van der Waals surface area contributed by atoms with Gasteiger partial charge in [0.1, 0.15) is 11.5 Å². The van der Waals surface area contributed by atoms with Crippen LogP contribution in [0, 0.1) is 0 Å². The van der Waals surface area contributed by atoms with Crippen molar-refractivity contribution in [3.05, 3.63) is 78.4 Å². The number of nitrogens with two attached hydrogens (primary N) is 1. The zero-order valence-electron chi connectivity index (χ0n) is 17.0. The van der Waals surface area contributed by atoms with E-state index in [9.17, 15) is 0 Å². The molecule has 1 unspecified atom stereocenters. The molecule has 4 rings (SSSR count). The zero-order chi connectivity index (χ0) is 20.8. The van der Waals surface area contributed by atoms with Crippen LogP contribution in [0.3, 0.4) is 0 Å². The first kappa shape index (κ1) is 19.8. The summed E-state index contributed by atoms with van der Waals surface area (Å²) in [4.78, 5) is 19.3. The maximum Gasteiger partial charge on any atom is 0.156 e. The molecule has 0 bridgehead atoms. The van der Waals surface area contributed by atoms with Crippen LogP contribution in [0.15, 0.2) is 72.0 Å². The molecule has 1 aromatic carbocycles. The van der Waals surface area contributed by atoms with Gasteiger partial charge in [-0.2, -0.15) is 0 Å². The number of hydrogen-bond donors (Lipinski definition) is 2. The number of anilines is 1. The predicted octanol–water partition coefficient (Wildman–Crippen LogP) is 3.54. The highest BCUT2D eigenvalue weighted by Crippen LogP contribution is 2.26.